The lowest BCUT2D eigenvalue weighted by Crippen LogP contribution is -2.50. The Morgan fingerprint density at radius 1 is 0.415 bits per heavy atom. The van der Waals surface area contributed by atoms with Crippen LogP contribution in [0.1, 0.15) is 196 Å². The van der Waals surface area contributed by atoms with E-state index < -0.39 is 0 Å². The van der Waals surface area contributed by atoms with Gasteiger partial charge in [-0.3, -0.25) is 0 Å². The quantitative estimate of drug-likeness (QED) is 0.0343. The molecule has 0 bridgehead atoms. The first-order chi connectivity index (χ1) is 20.0. The van der Waals surface area contributed by atoms with Crippen molar-refractivity contribution in [2.45, 2.75) is 196 Å². The van der Waals surface area contributed by atoms with Gasteiger partial charge >= 0.3 is 0 Å². The average Bonchev–Trinajstić information content (AvgIpc) is 2.97. The zero-order valence-electron chi connectivity index (χ0n) is 29.4. The van der Waals surface area contributed by atoms with Crippen molar-refractivity contribution >= 4 is 29.2 Å². The lowest BCUT2D eigenvalue weighted by molar-refractivity contribution is -0.929. The van der Waals surface area contributed by atoms with Gasteiger partial charge in [-0.15, -0.1) is 0 Å². The Bertz CT molecular complexity index is 438. The summed E-state index contributed by atoms with van der Waals surface area (Å²) in [4.78, 5) is 1.96. The Balaban J connectivity index is 0. The molecule has 0 N–H and O–H groups in total. The molecule has 0 heterocycles. The molecule has 41 heavy (non-hydrogen) atoms. The summed E-state index contributed by atoms with van der Waals surface area (Å²) in [6.45, 7) is 21.2. The van der Waals surface area contributed by atoms with Gasteiger partial charge < -0.3 is 34.2 Å². The largest absolute Gasteiger partial charge is 0.411 e. The molecule has 0 aromatic carbocycles. The van der Waals surface area contributed by atoms with Crippen molar-refractivity contribution < 1.29 is 4.48 Å². The maximum atomic E-state index is 4.76. The minimum Gasteiger partial charge on any atom is -0.411 e. The number of hydrogen-bond acceptors (Lipinski definition) is 2. The van der Waals surface area contributed by atoms with E-state index in [0.29, 0.717) is 4.32 Å². The summed E-state index contributed by atoms with van der Waals surface area (Å²) < 4.78 is 2.05. The fourth-order valence-corrected chi connectivity index (χ4v) is 6.58. The molecule has 0 aromatic heterocycles. The molecule has 0 radical (unpaired) electrons. The molecule has 2 nitrogen and oxygen atoms in total. The minimum absolute atomic E-state index is 0.579. The van der Waals surface area contributed by atoms with Gasteiger partial charge in [-0.25, -0.2) is 0 Å². The SMILES string of the molecule is CCCCCCCC[N+](CCCCCCCC)(CCCCCCCC)CCCCCCCC.CCN(CC)C(=S)[S-]. The van der Waals surface area contributed by atoms with E-state index in [4.69, 9.17) is 24.8 Å². The molecule has 248 valence electrons. The normalized spacial score (nSPS) is 11.4. The molecule has 0 spiro atoms. The molecule has 0 aliphatic carbocycles. The van der Waals surface area contributed by atoms with Gasteiger partial charge in [0.05, 0.1) is 26.2 Å². The second kappa shape index (κ2) is 34.6. The van der Waals surface area contributed by atoms with Gasteiger partial charge in [0.2, 0.25) is 0 Å². The Kier molecular flexibility index (Phi) is 36.4. The highest BCUT2D eigenvalue weighted by Gasteiger charge is 2.25. The summed E-state index contributed by atoms with van der Waals surface area (Å²) in [5.74, 6) is 0. The molecular weight excluding hydrogens is 537 g/mol. The fourth-order valence-electron chi connectivity index (χ4n) is 6.06. The molecule has 0 saturated carbocycles. The Labute approximate surface area is 272 Å². The van der Waals surface area contributed by atoms with Crippen LogP contribution in [-0.2, 0) is 12.6 Å². The highest BCUT2D eigenvalue weighted by atomic mass is 32.1. The van der Waals surface area contributed by atoms with Crippen LogP contribution in [0.3, 0.4) is 0 Å². The second-order valence-electron chi connectivity index (χ2n) is 12.7. The van der Waals surface area contributed by atoms with E-state index in [-0.39, 0.29) is 0 Å². The minimum atomic E-state index is 0.579. The Hall–Kier alpha value is 0.0700. The van der Waals surface area contributed by atoms with E-state index in [2.05, 4.69) is 27.7 Å². The van der Waals surface area contributed by atoms with Crippen LogP contribution >= 0.6 is 12.2 Å². The fraction of sp³-hybridized carbons (Fsp3) is 0.973. The van der Waals surface area contributed by atoms with Crippen molar-refractivity contribution in [2.24, 2.45) is 0 Å². The number of hydrogen-bond donors (Lipinski definition) is 0. The smallest absolute Gasteiger partial charge is 0.0786 e. The van der Waals surface area contributed by atoms with E-state index in [1.54, 1.807) is 0 Å². The number of thiocarbonyl (C=S) groups is 1. The molecule has 0 aliphatic heterocycles. The third-order valence-electron chi connectivity index (χ3n) is 8.97. The second-order valence-corrected chi connectivity index (χ2v) is 13.8. The van der Waals surface area contributed by atoms with Crippen molar-refractivity contribution in [3.8, 4) is 0 Å². The zero-order valence-corrected chi connectivity index (χ0v) is 31.1. The highest BCUT2D eigenvalue weighted by molar-refractivity contribution is 8.00. The molecule has 0 amide bonds. The highest BCUT2D eigenvalue weighted by Crippen LogP contribution is 2.20. The summed E-state index contributed by atoms with van der Waals surface area (Å²) in [5, 5.41) is 0. The van der Waals surface area contributed by atoms with Gasteiger partial charge in [0.1, 0.15) is 0 Å². The van der Waals surface area contributed by atoms with Gasteiger partial charge in [0.15, 0.2) is 0 Å². The van der Waals surface area contributed by atoms with Crippen LogP contribution in [0.2, 0.25) is 0 Å². The Morgan fingerprint density at radius 2 is 0.634 bits per heavy atom. The van der Waals surface area contributed by atoms with Crippen molar-refractivity contribution in [1.82, 2.24) is 4.90 Å². The molecule has 0 fully saturated rings. The lowest BCUT2D eigenvalue weighted by Gasteiger charge is -2.40. The molecule has 0 aromatic rings. The van der Waals surface area contributed by atoms with Crippen LogP contribution in [0, 0.1) is 0 Å². The number of quaternary nitrogens is 1. The van der Waals surface area contributed by atoms with Gasteiger partial charge in [-0.1, -0.05) is 135 Å². The third kappa shape index (κ3) is 29.9. The van der Waals surface area contributed by atoms with E-state index in [1.165, 1.54) is 185 Å². The Morgan fingerprint density at radius 3 is 0.805 bits per heavy atom. The predicted octanol–water partition coefficient (Wildman–Crippen LogP) is 12.4. The van der Waals surface area contributed by atoms with Crippen LogP contribution in [0.5, 0.6) is 0 Å². The van der Waals surface area contributed by atoms with Gasteiger partial charge in [0.25, 0.3) is 0 Å². The average molecular weight is 615 g/mol. The molecule has 0 rings (SSSR count). The van der Waals surface area contributed by atoms with E-state index >= 15 is 0 Å². The maximum Gasteiger partial charge on any atom is 0.0786 e. The van der Waals surface area contributed by atoms with Gasteiger partial charge in [-0.05, 0) is 65.2 Å². The first-order valence-corrected chi connectivity index (χ1v) is 19.6. The standard InChI is InChI=1S/C32H68N.C5H11NS2/c1-5-9-13-17-21-25-29-33(30-26-22-18-14-10-6-2,31-27-23-19-15-11-7-3)32-28-24-20-16-12-8-4;1-3-6(4-2)5(7)8/h5-32H2,1-4H3;3-4H2,1-2H3,(H,7,8)/q+1;/p-1. The summed E-state index contributed by atoms with van der Waals surface area (Å²) >= 11 is 9.51. The summed E-state index contributed by atoms with van der Waals surface area (Å²) in [6, 6.07) is 0. The molecule has 0 saturated heterocycles. The van der Waals surface area contributed by atoms with Crippen LogP contribution in [0.15, 0.2) is 0 Å². The number of nitrogens with zero attached hydrogens (tertiary/aromatic N) is 2. The molecular formula is C37H78N2S2. The van der Waals surface area contributed by atoms with Crippen molar-refractivity contribution in [3.63, 3.8) is 0 Å². The van der Waals surface area contributed by atoms with Crippen LogP contribution < -0.4 is 0 Å². The van der Waals surface area contributed by atoms with Gasteiger partial charge in [0, 0.05) is 13.1 Å². The first-order valence-electron chi connectivity index (χ1n) is 18.8. The topological polar surface area (TPSA) is 3.24 Å². The van der Waals surface area contributed by atoms with Crippen LogP contribution in [0.4, 0.5) is 0 Å². The molecule has 0 unspecified atom stereocenters. The van der Waals surface area contributed by atoms with Crippen molar-refractivity contribution in [1.29, 1.82) is 0 Å². The lowest BCUT2D eigenvalue weighted by atomic mass is 10.0. The molecule has 4 heteroatoms. The monoisotopic (exact) mass is 615 g/mol. The maximum absolute atomic E-state index is 4.76. The van der Waals surface area contributed by atoms with E-state index in [1.807, 2.05) is 18.7 Å². The zero-order chi connectivity index (χ0) is 30.9. The number of unbranched alkanes of at least 4 members (excludes halogenated alkanes) is 20. The predicted molar refractivity (Wildman–Crippen MR) is 196 cm³/mol. The third-order valence-corrected chi connectivity index (χ3v) is 9.48. The van der Waals surface area contributed by atoms with Crippen molar-refractivity contribution in [2.75, 3.05) is 39.3 Å². The van der Waals surface area contributed by atoms with E-state index in [0.717, 1.165) is 13.1 Å². The molecule has 0 atom stereocenters. The number of rotatable bonds is 30. The van der Waals surface area contributed by atoms with Crippen LogP contribution in [0.25, 0.3) is 0 Å². The van der Waals surface area contributed by atoms with Crippen LogP contribution in [-0.4, -0.2) is 53.0 Å². The van der Waals surface area contributed by atoms with Crippen molar-refractivity contribution in [3.05, 3.63) is 0 Å². The summed E-state index contributed by atoms with van der Waals surface area (Å²) in [5.41, 5.74) is 0. The summed E-state index contributed by atoms with van der Waals surface area (Å²) in [6.07, 6.45) is 34.8. The van der Waals surface area contributed by atoms with Gasteiger partial charge in [-0.2, -0.15) is 0 Å². The molecule has 0 aliphatic rings. The first kappa shape index (κ1) is 43.2. The summed E-state index contributed by atoms with van der Waals surface area (Å²) in [7, 11) is 0. The van der Waals surface area contributed by atoms with E-state index in [9.17, 15) is 0 Å².